The van der Waals surface area contributed by atoms with Crippen molar-refractivity contribution in [2.75, 3.05) is 6.54 Å². The van der Waals surface area contributed by atoms with Gasteiger partial charge >= 0.3 is 0 Å². The summed E-state index contributed by atoms with van der Waals surface area (Å²) in [5.74, 6) is 0.144. The van der Waals surface area contributed by atoms with Crippen molar-refractivity contribution in [2.24, 2.45) is 0 Å². The third-order valence-corrected chi connectivity index (χ3v) is 2.68. The van der Waals surface area contributed by atoms with Crippen LogP contribution in [0.1, 0.15) is 32.6 Å². The Morgan fingerprint density at radius 2 is 2.50 bits per heavy atom. The van der Waals surface area contributed by atoms with Crippen molar-refractivity contribution in [1.82, 2.24) is 10.6 Å². The zero-order valence-corrected chi connectivity index (χ0v) is 8.88. The molecule has 1 aliphatic rings. The van der Waals surface area contributed by atoms with Crippen LogP contribution in [0, 0.1) is 0 Å². The van der Waals surface area contributed by atoms with Crippen LogP contribution in [0.5, 0.6) is 0 Å². The molecule has 0 aromatic rings. The lowest BCUT2D eigenvalue weighted by atomic mass is 10.00. The van der Waals surface area contributed by atoms with Gasteiger partial charge in [-0.05, 0) is 32.7 Å². The van der Waals surface area contributed by atoms with E-state index in [-0.39, 0.29) is 5.91 Å². The maximum absolute atomic E-state index is 11.4. The van der Waals surface area contributed by atoms with Gasteiger partial charge in [0.15, 0.2) is 0 Å². The predicted molar refractivity (Wildman–Crippen MR) is 58.1 cm³/mol. The number of nitrogens with one attached hydrogen (secondary N) is 2. The number of allylic oxidation sites excluding steroid dienone is 1. The van der Waals surface area contributed by atoms with Gasteiger partial charge < -0.3 is 10.6 Å². The van der Waals surface area contributed by atoms with Gasteiger partial charge in [-0.25, -0.2) is 0 Å². The van der Waals surface area contributed by atoms with Gasteiger partial charge in [0.25, 0.3) is 0 Å². The molecule has 14 heavy (non-hydrogen) atoms. The van der Waals surface area contributed by atoms with E-state index in [1.54, 1.807) is 6.08 Å². The SMILES string of the molecule is C=CCCC(=O)NC1CCCNC1C. The number of piperidine rings is 1. The standard InChI is InChI=1S/C11H20N2O/c1-3-4-7-11(14)13-10-6-5-8-12-9(10)2/h3,9-10,12H,1,4-8H2,2H3,(H,13,14). The highest BCUT2D eigenvalue weighted by Crippen LogP contribution is 2.08. The van der Waals surface area contributed by atoms with E-state index >= 15 is 0 Å². The van der Waals surface area contributed by atoms with E-state index in [0.29, 0.717) is 18.5 Å². The summed E-state index contributed by atoms with van der Waals surface area (Å²) in [4.78, 5) is 11.4. The van der Waals surface area contributed by atoms with Crippen LogP contribution in [0.2, 0.25) is 0 Å². The highest BCUT2D eigenvalue weighted by Gasteiger charge is 2.21. The smallest absolute Gasteiger partial charge is 0.220 e. The van der Waals surface area contributed by atoms with Crippen LogP contribution in [0.25, 0.3) is 0 Å². The number of rotatable bonds is 4. The normalized spacial score (nSPS) is 26.9. The van der Waals surface area contributed by atoms with E-state index in [0.717, 1.165) is 25.8 Å². The first-order valence-corrected chi connectivity index (χ1v) is 5.37. The summed E-state index contributed by atoms with van der Waals surface area (Å²) in [6, 6.07) is 0.706. The zero-order chi connectivity index (χ0) is 10.4. The largest absolute Gasteiger partial charge is 0.352 e. The number of amides is 1. The molecule has 1 amide bonds. The Morgan fingerprint density at radius 1 is 1.71 bits per heavy atom. The molecule has 3 nitrogen and oxygen atoms in total. The van der Waals surface area contributed by atoms with E-state index in [4.69, 9.17) is 0 Å². The molecule has 1 aliphatic heterocycles. The first-order chi connectivity index (χ1) is 6.74. The van der Waals surface area contributed by atoms with Gasteiger partial charge in [-0.3, -0.25) is 4.79 Å². The fourth-order valence-corrected chi connectivity index (χ4v) is 1.75. The molecule has 0 aromatic carbocycles. The minimum Gasteiger partial charge on any atom is -0.352 e. The van der Waals surface area contributed by atoms with Crippen LogP contribution in [-0.4, -0.2) is 24.5 Å². The molecular weight excluding hydrogens is 176 g/mol. The van der Waals surface area contributed by atoms with Gasteiger partial charge in [-0.1, -0.05) is 6.08 Å². The van der Waals surface area contributed by atoms with Crippen LogP contribution in [0.3, 0.4) is 0 Å². The third-order valence-electron chi connectivity index (χ3n) is 2.68. The van der Waals surface area contributed by atoms with Crippen molar-refractivity contribution in [1.29, 1.82) is 0 Å². The Balaban J connectivity index is 2.27. The number of hydrogen-bond acceptors (Lipinski definition) is 2. The minimum atomic E-state index is 0.144. The highest BCUT2D eigenvalue weighted by atomic mass is 16.1. The lowest BCUT2D eigenvalue weighted by Crippen LogP contribution is -2.51. The Morgan fingerprint density at radius 3 is 3.14 bits per heavy atom. The molecule has 1 heterocycles. The van der Waals surface area contributed by atoms with Crippen LogP contribution in [0.4, 0.5) is 0 Å². The van der Waals surface area contributed by atoms with Crippen LogP contribution >= 0.6 is 0 Å². The summed E-state index contributed by atoms with van der Waals surface area (Å²) in [5, 5.41) is 6.41. The molecule has 0 bridgehead atoms. The van der Waals surface area contributed by atoms with E-state index in [2.05, 4.69) is 24.1 Å². The maximum atomic E-state index is 11.4. The first-order valence-electron chi connectivity index (χ1n) is 5.37. The number of hydrogen-bond donors (Lipinski definition) is 2. The summed E-state index contributed by atoms with van der Waals surface area (Å²) in [7, 11) is 0. The molecule has 0 aromatic heterocycles. The van der Waals surface area contributed by atoms with Gasteiger partial charge in [0.05, 0.1) is 0 Å². The Bertz CT molecular complexity index is 203. The van der Waals surface area contributed by atoms with E-state index in [1.807, 2.05) is 0 Å². The van der Waals surface area contributed by atoms with Crippen LogP contribution < -0.4 is 10.6 Å². The van der Waals surface area contributed by atoms with E-state index in [1.165, 1.54) is 0 Å². The molecule has 1 rings (SSSR count). The summed E-state index contributed by atoms with van der Waals surface area (Å²) in [6.07, 6.45) is 5.35. The van der Waals surface area contributed by atoms with Gasteiger partial charge in [0, 0.05) is 18.5 Å². The molecule has 2 atom stereocenters. The zero-order valence-electron chi connectivity index (χ0n) is 8.88. The average molecular weight is 196 g/mol. The lowest BCUT2D eigenvalue weighted by Gasteiger charge is -2.30. The Hall–Kier alpha value is -0.830. The molecule has 0 radical (unpaired) electrons. The summed E-state index contributed by atoms with van der Waals surface area (Å²) < 4.78 is 0. The first kappa shape index (κ1) is 11.2. The third kappa shape index (κ3) is 3.50. The molecular formula is C11H20N2O. The Labute approximate surface area is 86.0 Å². The highest BCUT2D eigenvalue weighted by molar-refractivity contribution is 5.76. The van der Waals surface area contributed by atoms with Crippen molar-refractivity contribution in [3.8, 4) is 0 Å². The van der Waals surface area contributed by atoms with E-state index in [9.17, 15) is 4.79 Å². The van der Waals surface area contributed by atoms with Gasteiger partial charge in [-0.15, -0.1) is 6.58 Å². The van der Waals surface area contributed by atoms with E-state index < -0.39 is 0 Å². The van der Waals surface area contributed by atoms with Gasteiger partial charge in [0.1, 0.15) is 0 Å². The predicted octanol–water partition coefficient (Wildman–Crippen LogP) is 1.21. The molecule has 0 aliphatic carbocycles. The van der Waals surface area contributed by atoms with Crippen LogP contribution in [0.15, 0.2) is 12.7 Å². The average Bonchev–Trinajstić information content (AvgIpc) is 2.18. The lowest BCUT2D eigenvalue weighted by molar-refractivity contribution is -0.122. The topological polar surface area (TPSA) is 41.1 Å². The summed E-state index contributed by atoms with van der Waals surface area (Å²) in [6.45, 7) is 6.79. The monoisotopic (exact) mass is 196 g/mol. The fraction of sp³-hybridized carbons (Fsp3) is 0.727. The van der Waals surface area contributed by atoms with Crippen molar-refractivity contribution >= 4 is 5.91 Å². The Kier molecular flexibility index (Phi) is 4.66. The van der Waals surface area contributed by atoms with Crippen molar-refractivity contribution < 1.29 is 4.79 Å². The minimum absolute atomic E-state index is 0.144. The summed E-state index contributed by atoms with van der Waals surface area (Å²) in [5.41, 5.74) is 0. The number of carbonyl (C=O) groups is 1. The second-order valence-corrected chi connectivity index (χ2v) is 3.89. The maximum Gasteiger partial charge on any atom is 0.220 e. The summed E-state index contributed by atoms with van der Waals surface area (Å²) >= 11 is 0. The molecule has 2 unspecified atom stereocenters. The molecule has 1 saturated heterocycles. The molecule has 0 spiro atoms. The quantitative estimate of drug-likeness (QED) is 0.664. The molecule has 2 N–H and O–H groups in total. The molecule has 0 saturated carbocycles. The van der Waals surface area contributed by atoms with Crippen molar-refractivity contribution in [3.05, 3.63) is 12.7 Å². The fourth-order valence-electron chi connectivity index (χ4n) is 1.75. The van der Waals surface area contributed by atoms with Crippen LogP contribution in [-0.2, 0) is 4.79 Å². The molecule has 3 heteroatoms. The van der Waals surface area contributed by atoms with Crippen molar-refractivity contribution in [3.63, 3.8) is 0 Å². The second kappa shape index (κ2) is 5.81. The molecule has 1 fully saturated rings. The van der Waals surface area contributed by atoms with Gasteiger partial charge in [0.2, 0.25) is 5.91 Å². The van der Waals surface area contributed by atoms with Crippen molar-refractivity contribution in [2.45, 2.75) is 44.7 Å². The molecule has 80 valence electrons. The second-order valence-electron chi connectivity index (χ2n) is 3.89. The number of carbonyl (C=O) groups excluding carboxylic acids is 1. The van der Waals surface area contributed by atoms with Gasteiger partial charge in [-0.2, -0.15) is 0 Å².